The van der Waals surface area contributed by atoms with Crippen molar-refractivity contribution in [1.29, 1.82) is 0 Å². The smallest absolute Gasteiger partial charge is 0.0613 e. The Kier molecular flexibility index (Phi) is 3.59. The summed E-state index contributed by atoms with van der Waals surface area (Å²) in [4.78, 5) is 0. The van der Waals surface area contributed by atoms with Crippen LogP contribution in [0.2, 0.25) is 0 Å². The molecule has 0 heterocycles. The van der Waals surface area contributed by atoms with Crippen molar-refractivity contribution < 1.29 is 5.11 Å². The van der Waals surface area contributed by atoms with Gasteiger partial charge in [-0.2, -0.15) is 0 Å². The number of nitrogens with two attached hydrogens (primary N) is 1. The van der Waals surface area contributed by atoms with Crippen LogP contribution >= 0.6 is 0 Å². The molecule has 1 aliphatic rings. The molecule has 0 aromatic carbocycles. The molecule has 0 saturated heterocycles. The Hall–Kier alpha value is -0.0800. The van der Waals surface area contributed by atoms with E-state index in [0.29, 0.717) is 6.54 Å². The maximum absolute atomic E-state index is 10.3. The normalized spacial score (nSPS) is 23.8. The van der Waals surface area contributed by atoms with Crippen LogP contribution in [-0.4, -0.2) is 17.8 Å². The SMILES string of the molecule is CC(C)(C)CC(O)C1(CN)CCCC1. The Morgan fingerprint density at radius 1 is 1.29 bits per heavy atom. The first-order chi connectivity index (χ1) is 6.40. The van der Waals surface area contributed by atoms with Gasteiger partial charge in [0.2, 0.25) is 0 Å². The van der Waals surface area contributed by atoms with Gasteiger partial charge >= 0.3 is 0 Å². The third kappa shape index (κ3) is 2.71. The first-order valence-corrected chi connectivity index (χ1v) is 5.78. The minimum Gasteiger partial charge on any atom is -0.392 e. The maximum Gasteiger partial charge on any atom is 0.0613 e. The second-order valence-electron chi connectivity index (χ2n) is 6.05. The van der Waals surface area contributed by atoms with Crippen LogP contribution in [0, 0.1) is 10.8 Å². The molecule has 3 N–H and O–H groups in total. The predicted molar refractivity (Wildman–Crippen MR) is 60.0 cm³/mol. The first-order valence-electron chi connectivity index (χ1n) is 5.78. The summed E-state index contributed by atoms with van der Waals surface area (Å²) in [5, 5.41) is 10.3. The molecule has 2 heteroatoms. The molecule has 1 fully saturated rings. The molecule has 0 aromatic rings. The van der Waals surface area contributed by atoms with E-state index in [-0.39, 0.29) is 16.9 Å². The largest absolute Gasteiger partial charge is 0.392 e. The standard InChI is InChI=1S/C12H25NO/c1-11(2,3)8-10(14)12(9-13)6-4-5-7-12/h10,14H,4-9,13H2,1-3H3. The van der Waals surface area contributed by atoms with Gasteiger partial charge in [-0.15, -0.1) is 0 Å². The van der Waals surface area contributed by atoms with Crippen LogP contribution in [-0.2, 0) is 0 Å². The summed E-state index contributed by atoms with van der Waals surface area (Å²) in [5.74, 6) is 0. The summed E-state index contributed by atoms with van der Waals surface area (Å²) >= 11 is 0. The van der Waals surface area contributed by atoms with E-state index in [1.165, 1.54) is 12.8 Å². The van der Waals surface area contributed by atoms with Gasteiger partial charge in [-0.25, -0.2) is 0 Å². The molecular weight excluding hydrogens is 174 g/mol. The first kappa shape index (κ1) is 12.0. The quantitative estimate of drug-likeness (QED) is 0.732. The third-order valence-corrected chi connectivity index (χ3v) is 3.52. The number of hydrogen-bond acceptors (Lipinski definition) is 2. The van der Waals surface area contributed by atoms with E-state index >= 15 is 0 Å². The summed E-state index contributed by atoms with van der Waals surface area (Å²) in [7, 11) is 0. The summed E-state index contributed by atoms with van der Waals surface area (Å²) < 4.78 is 0. The Morgan fingerprint density at radius 3 is 2.14 bits per heavy atom. The Morgan fingerprint density at radius 2 is 1.79 bits per heavy atom. The van der Waals surface area contributed by atoms with Crippen LogP contribution < -0.4 is 5.73 Å². The lowest BCUT2D eigenvalue weighted by molar-refractivity contribution is 0.00472. The van der Waals surface area contributed by atoms with E-state index in [1.54, 1.807) is 0 Å². The molecule has 1 saturated carbocycles. The van der Waals surface area contributed by atoms with Crippen molar-refractivity contribution in [2.45, 2.75) is 59.0 Å². The molecule has 1 aliphatic carbocycles. The molecule has 0 amide bonds. The van der Waals surface area contributed by atoms with Crippen molar-refractivity contribution in [1.82, 2.24) is 0 Å². The van der Waals surface area contributed by atoms with E-state index in [2.05, 4.69) is 20.8 Å². The van der Waals surface area contributed by atoms with Gasteiger partial charge in [0.25, 0.3) is 0 Å². The van der Waals surface area contributed by atoms with Crippen LogP contribution in [0.15, 0.2) is 0 Å². The highest BCUT2D eigenvalue weighted by Crippen LogP contribution is 2.43. The monoisotopic (exact) mass is 199 g/mol. The van der Waals surface area contributed by atoms with Gasteiger partial charge in [-0.05, 0) is 24.7 Å². The highest BCUT2D eigenvalue weighted by molar-refractivity contribution is 4.93. The van der Waals surface area contributed by atoms with Gasteiger partial charge in [-0.1, -0.05) is 33.6 Å². The number of aliphatic hydroxyl groups is 1. The van der Waals surface area contributed by atoms with Gasteiger partial charge in [-0.3, -0.25) is 0 Å². The molecule has 0 spiro atoms. The topological polar surface area (TPSA) is 46.2 Å². The van der Waals surface area contributed by atoms with E-state index in [0.717, 1.165) is 19.3 Å². The zero-order valence-electron chi connectivity index (χ0n) is 9.84. The fraction of sp³-hybridized carbons (Fsp3) is 1.00. The number of hydrogen-bond donors (Lipinski definition) is 2. The van der Waals surface area contributed by atoms with Crippen molar-refractivity contribution in [3.63, 3.8) is 0 Å². The lowest BCUT2D eigenvalue weighted by Gasteiger charge is -2.36. The molecule has 1 atom stereocenters. The van der Waals surface area contributed by atoms with Gasteiger partial charge in [0, 0.05) is 12.0 Å². The van der Waals surface area contributed by atoms with E-state index in [9.17, 15) is 5.11 Å². The molecule has 2 nitrogen and oxygen atoms in total. The van der Waals surface area contributed by atoms with Gasteiger partial charge in [0.1, 0.15) is 0 Å². The maximum atomic E-state index is 10.3. The van der Waals surface area contributed by atoms with Crippen molar-refractivity contribution in [2.24, 2.45) is 16.6 Å². The summed E-state index contributed by atoms with van der Waals surface area (Å²) in [6.07, 6.45) is 5.35. The fourth-order valence-electron chi connectivity index (χ4n) is 2.55. The van der Waals surface area contributed by atoms with E-state index in [1.807, 2.05) is 0 Å². The molecule has 0 aliphatic heterocycles. The fourth-order valence-corrected chi connectivity index (χ4v) is 2.55. The highest BCUT2D eigenvalue weighted by Gasteiger charge is 2.40. The molecule has 1 rings (SSSR count). The Bertz CT molecular complexity index is 177. The second-order valence-corrected chi connectivity index (χ2v) is 6.05. The van der Waals surface area contributed by atoms with Gasteiger partial charge in [0.05, 0.1) is 6.10 Å². The average molecular weight is 199 g/mol. The molecule has 14 heavy (non-hydrogen) atoms. The molecule has 0 aromatic heterocycles. The average Bonchev–Trinajstić information content (AvgIpc) is 2.49. The summed E-state index contributed by atoms with van der Waals surface area (Å²) in [5.41, 5.74) is 6.06. The molecular formula is C12H25NO. The minimum absolute atomic E-state index is 0.0350. The van der Waals surface area contributed by atoms with Gasteiger partial charge < -0.3 is 10.8 Å². The van der Waals surface area contributed by atoms with Crippen LogP contribution in [0.4, 0.5) is 0 Å². The van der Waals surface area contributed by atoms with E-state index in [4.69, 9.17) is 5.73 Å². The molecule has 84 valence electrons. The second kappa shape index (κ2) is 4.19. The lowest BCUT2D eigenvalue weighted by atomic mass is 9.74. The lowest BCUT2D eigenvalue weighted by Crippen LogP contribution is -2.41. The van der Waals surface area contributed by atoms with Crippen LogP contribution in [0.25, 0.3) is 0 Å². The Labute approximate surface area is 87.9 Å². The summed E-state index contributed by atoms with van der Waals surface area (Å²) in [6.45, 7) is 7.17. The molecule has 0 bridgehead atoms. The summed E-state index contributed by atoms with van der Waals surface area (Å²) in [6, 6.07) is 0. The zero-order chi connectivity index (χ0) is 10.8. The number of rotatable bonds is 3. The minimum atomic E-state index is -0.213. The van der Waals surface area contributed by atoms with Crippen molar-refractivity contribution in [3.05, 3.63) is 0 Å². The molecule has 1 unspecified atom stereocenters. The van der Waals surface area contributed by atoms with Crippen LogP contribution in [0.3, 0.4) is 0 Å². The van der Waals surface area contributed by atoms with E-state index < -0.39 is 0 Å². The van der Waals surface area contributed by atoms with Crippen molar-refractivity contribution in [2.75, 3.05) is 6.54 Å². The Balaban J connectivity index is 2.60. The predicted octanol–water partition coefficient (Wildman–Crippen LogP) is 2.30. The number of aliphatic hydroxyl groups excluding tert-OH is 1. The van der Waals surface area contributed by atoms with Crippen LogP contribution in [0.1, 0.15) is 52.9 Å². The van der Waals surface area contributed by atoms with Gasteiger partial charge in [0.15, 0.2) is 0 Å². The third-order valence-electron chi connectivity index (χ3n) is 3.52. The zero-order valence-corrected chi connectivity index (χ0v) is 9.84. The van der Waals surface area contributed by atoms with Crippen LogP contribution in [0.5, 0.6) is 0 Å². The van der Waals surface area contributed by atoms with Crippen molar-refractivity contribution >= 4 is 0 Å². The highest BCUT2D eigenvalue weighted by atomic mass is 16.3. The van der Waals surface area contributed by atoms with Crippen molar-refractivity contribution in [3.8, 4) is 0 Å². The molecule has 0 radical (unpaired) electrons.